The number of β-amino-alcohol motifs (C(OH)–C–C–N with tert-alkyl or cyclic N) is 1. The van der Waals surface area contributed by atoms with Crippen LogP contribution in [0.5, 0.6) is 0 Å². The van der Waals surface area contributed by atoms with Gasteiger partial charge in [-0.3, -0.25) is 4.90 Å². The summed E-state index contributed by atoms with van der Waals surface area (Å²) >= 11 is 1.84. The minimum absolute atomic E-state index is 0.102. The number of benzene rings is 1. The number of rotatable bonds is 2. The molecule has 0 aliphatic carbocycles. The highest BCUT2D eigenvalue weighted by Crippen LogP contribution is 2.32. The first-order valence-corrected chi connectivity index (χ1v) is 7.10. The Labute approximate surface area is 111 Å². The number of hydrogen-bond acceptors (Lipinski definition) is 4. The number of thiophene rings is 1. The van der Waals surface area contributed by atoms with Crippen molar-refractivity contribution in [3.05, 3.63) is 34.7 Å². The molecule has 0 spiro atoms. The van der Waals surface area contributed by atoms with Crippen LogP contribution in [0.1, 0.15) is 10.4 Å². The molecule has 3 N–H and O–H groups in total. The molecule has 0 bridgehead atoms. The first-order chi connectivity index (χ1) is 8.65. The Kier molecular flexibility index (Phi) is 3.11. The van der Waals surface area contributed by atoms with Crippen LogP contribution in [-0.2, 0) is 6.54 Å². The van der Waals surface area contributed by atoms with E-state index in [4.69, 9.17) is 5.73 Å². The molecule has 3 nitrogen and oxygen atoms in total. The maximum absolute atomic E-state index is 9.72. The van der Waals surface area contributed by atoms with Crippen LogP contribution < -0.4 is 5.73 Å². The molecular weight excluding hydrogens is 244 g/mol. The second-order valence-corrected chi connectivity index (χ2v) is 6.31. The van der Waals surface area contributed by atoms with Gasteiger partial charge < -0.3 is 10.8 Å². The second kappa shape index (κ2) is 4.63. The topological polar surface area (TPSA) is 49.5 Å². The Morgan fingerprint density at radius 3 is 2.89 bits per heavy atom. The van der Waals surface area contributed by atoms with Gasteiger partial charge in [0.15, 0.2) is 0 Å². The molecule has 2 unspecified atom stereocenters. The summed E-state index contributed by atoms with van der Waals surface area (Å²) in [7, 11) is 0. The highest BCUT2D eigenvalue weighted by molar-refractivity contribution is 7.19. The number of likely N-dealkylation sites (tertiary alicyclic amines) is 1. The lowest BCUT2D eigenvalue weighted by atomic mass is 10.1. The number of nitrogens with two attached hydrogens (primary N) is 1. The van der Waals surface area contributed by atoms with E-state index in [1.54, 1.807) is 0 Å². The maximum Gasteiger partial charge on any atom is 0.0830 e. The van der Waals surface area contributed by atoms with Crippen molar-refractivity contribution in [2.45, 2.75) is 25.6 Å². The Hall–Kier alpha value is -0.940. The van der Waals surface area contributed by atoms with Gasteiger partial charge in [-0.1, -0.05) is 18.2 Å². The average Bonchev–Trinajstić information content (AvgIpc) is 2.82. The van der Waals surface area contributed by atoms with Crippen LogP contribution >= 0.6 is 11.3 Å². The summed E-state index contributed by atoms with van der Waals surface area (Å²) in [6, 6.07) is 8.41. The predicted octanol–water partition coefficient (Wildman–Crippen LogP) is 1.71. The van der Waals surface area contributed by atoms with Crippen LogP contribution in [0, 0.1) is 6.92 Å². The molecule has 18 heavy (non-hydrogen) atoms. The number of aliphatic hydroxyl groups is 1. The summed E-state index contributed by atoms with van der Waals surface area (Å²) < 4.78 is 1.34. The van der Waals surface area contributed by atoms with Gasteiger partial charge in [0.2, 0.25) is 0 Å². The maximum atomic E-state index is 9.72. The van der Waals surface area contributed by atoms with E-state index in [1.807, 2.05) is 11.3 Å². The molecule has 4 heteroatoms. The Morgan fingerprint density at radius 1 is 1.39 bits per heavy atom. The smallest absolute Gasteiger partial charge is 0.0830 e. The summed E-state index contributed by atoms with van der Waals surface area (Å²) in [6.45, 7) is 4.53. The lowest BCUT2D eigenvalue weighted by Crippen LogP contribution is -2.32. The first kappa shape index (κ1) is 12.1. The van der Waals surface area contributed by atoms with Gasteiger partial charge in [-0.25, -0.2) is 0 Å². The highest BCUT2D eigenvalue weighted by atomic mass is 32.1. The number of aryl methyl sites for hydroxylation is 1. The van der Waals surface area contributed by atoms with Crippen LogP contribution in [0.3, 0.4) is 0 Å². The lowest BCUT2D eigenvalue weighted by Gasteiger charge is -2.15. The average molecular weight is 262 g/mol. The fourth-order valence-electron chi connectivity index (χ4n) is 2.66. The second-order valence-electron chi connectivity index (χ2n) is 5.06. The molecule has 1 aliphatic rings. The molecule has 1 aromatic heterocycles. The van der Waals surface area contributed by atoms with Crippen molar-refractivity contribution < 1.29 is 5.11 Å². The van der Waals surface area contributed by atoms with Crippen LogP contribution in [-0.4, -0.2) is 35.2 Å². The number of hydrogen-bond donors (Lipinski definition) is 2. The van der Waals surface area contributed by atoms with E-state index in [0.717, 1.165) is 13.1 Å². The third-order valence-electron chi connectivity index (χ3n) is 3.69. The van der Waals surface area contributed by atoms with Gasteiger partial charge in [0.05, 0.1) is 6.10 Å². The minimum Gasteiger partial charge on any atom is -0.390 e. The summed E-state index contributed by atoms with van der Waals surface area (Å²) in [6.07, 6.45) is -0.379. The van der Waals surface area contributed by atoms with Crippen molar-refractivity contribution in [3.63, 3.8) is 0 Å². The molecule has 2 atom stereocenters. The summed E-state index contributed by atoms with van der Waals surface area (Å²) in [5.41, 5.74) is 7.25. The Morgan fingerprint density at radius 2 is 2.17 bits per heavy atom. The van der Waals surface area contributed by atoms with E-state index in [1.165, 1.54) is 20.5 Å². The van der Waals surface area contributed by atoms with E-state index in [2.05, 4.69) is 36.1 Å². The molecular formula is C14H18N2OS. The SMILES string of the molecule is Cc1sc2ccccc2c1CN1CC(N)C(O)C1. The van der Waals surface area contributed by atoms with Gasteiger partial charge in [0, 0.05) is 35.3 Å². The standard InChI is InChI=1S/C14H18N2OS/c1-9-11(6-16-7-12(15)13(17)8-16)10-4-2-3-5-14(10)18-9/h2-5,12-13,17H,6-8,15H2,1H3. The molecule has 1 aromatic carbocycles. The third-order valence-corrected chi connectivity index (χ3v) is 4.82. The molecule has 1 fully saturated rings. The van der Waals surface area contributed by atoms with Gasteiger partial charge >= 0.3 is 0 Å². The molecule has 3 rings (SSSR count). The van der Waals surface area contributed by atoms with Crippen molar-refractivity contribution in [2.75, 3.05) is 13.1 Å². The zero-order valence-corrected chi connectivity index (χ0v) is 11.3. The largest absolute Gasteiger partial charge is 0.390 e. The molecule has 0 radical (unpaired) electrons. The highest BCUT2D eigenvalue weighted by Gasteiger charge is 2.28. The monoisotopic (exact) mass is 262 g/mol. The molecule has 96 valence electrons. The quantitative estimate of drug-likeness (QED) is 0.866. The molecule has 0 saturated carbocycles. The van der Waals surface area contributed by atoms with Gasteiger partial charge in [-0.15, -0.1) is 11.3 Å². The zero-order valence-electron chi connectivity index (χ0n) is 10.5. The summed E-state index contributed by atoms with van der Waals surface area (Å²) in [4.78, 5) is 3.61. The van der Waals surface area contributed by atoms with Crippen LogP contribution in [0.2, 0.25) is 0 Å². The normalized spacial score (nSPS) is 25.1. The van der Waals surface area contributed by atoms with Crippen molar-refractivity contribution in [1.82, 2.24) is 4.90 Å². The minimum atomic E-state index is -0.379. The number of fused-ring (bicyclic) bond motifs is 1. The summed E-state index contributed by atoms with van der Waals surface area (Å²) in [5.74, 6) is 0. The Bertz CT molecular complexity index is 556. The van der Waals surface area contributed by atoms with Crippen molar-refractivity contribution in [3.8, 4) is 0 Å². The predicted molar refractivity (Wildman–Crippen MR) is 75.8 cm³/mol. The molecule has 1 aliphatic heterocycles. The van der Waals surface area contributed by atoms with E-state index in [-0.39, 0.29) is 12.1 Å². The van der Waals surface area contributed by atoms with Crippen LogP contribution in [0.25, 0.3) is 10.1 Å². The molecule has 0 amide bonds. The van der Waals surface area contributed by atoms with Crippen molar-refractivity contribution >= 4 is 21.4 Å². The number of nitrogens with zero attached hydrogens (tertiary/aromatic N) is 1. The van der Waals surface area contributed by atoms with Crippen LogP contribution in [0.15, 0.2) is 24.3 Å². The third kappa shape index (κ3) is 2.06. The summed E-state index contributed by atoms with van der Waals surface area (Å²) in [5, 5.41) is 11.1. The van der Waals surface area contributed by atoms with Crippen LogP contribution in [0.4, 0.5) is 0 Å². The van der Waals surface area contributed by atoms with E-state index in [9.17, 15) is 5.11 Å². The molecule has 1 saturated heterocycles. The zero-order chi connectivity index (χ0) is 12.7. The lowest BCUT2D eigenvalue weighted by molar-refractivity contribution is 0.164. The van der Waals surface area contributed by atoms with E-state index >= 15 is 0 Å². The van der Waals surface area contributed by atoms with Crippen molar-refractivity contribution in [1.29, 1.82) is 0 Å². The fourth-order valence-corrected chi connectivity index (χ4v) is 3.74. The molecule has 2 aromatic rings. The Balaban J connectivity index is 1.89. The van der Waals surface area contributed by atoms with Gasteiger partial charge in [0.25, 0.3) is 0 Å². The van der Waals surface area contributed by atoms with Gasteiger partial charge in [-0.05, 0) is 23.9 Å². The van der Waals surface area contributed by atoms with E-state index in [0.29, 0.717) is 6.54 Å². The molecule has 2 heterocycles. The fraction of sp³-hybridized carbons (Fsp3) is 0.429. The van der Waals surface area contributed by atoms with Crippen molar-refractivity contribution in [2.24, 2.45) is 5.73 Å². The van der Waals surface area contributed by atoms with Gasteiger partial charge in [0.1, 0.15) is 0 Å². The van der Waals surface area contributed by atoms with Gasteiger partial charge in [-0.2, -0.15) is 0 Å². The first-order valence-electron chi connectivity index (χ1n) is 6.28. The number of aliphatic hydroxyl groups excluding tert-OH is 1. The van der Waals surface area contributed by atoms with E-state index < -0.39 is 0 Å².